The van der Waals surface area contributed by atoms with Crippen LogP contribution in [0.1, 0.15) is 55.9 Å². The summed E-state index contributed by atoms with van der Waals surface area (Å²) < 4.78 is 1.78. The Morgan fingerprint density at radius 1 is 1.30 bits per heavy atom. The number of carboxylic acid groups (broad SMARTS) is 1. The third-order valence-electron chi connectivity index (χ3n) is 4.40. The van der Waals surface area contributed by atoms with E-state index in [9.17, 15) is 14.7 Å². The molecule has 3 rings (SSSR count). The second kappa shape index (κ2) is 5.64. The third kappa shape index (κ3) is 2.67. The van der Waals surface area contributed by atoms with Crippen LogP contribution in [0.25, 0.3) is 11.0 Å². The number of nitrogens with zero attached hydrogens (tertiary/aromatic N) is 3. The van der Waals surface area contributed by atoms with Crippen molar-refractivity contribution in [1.82, 2.24) is 20.1 Å². The summed E-state index contributed by atoms with van der Waals surface area (Å²) >= 11 is 0. The van der Waals surface area contributed by atoms with Crippen LogP contribution in [0.15, 0.2) is 18.5 Å². The van der Waals surface area contributed by atoms with Crippen molar-refractivity contribution in [3.63, 3.8) is 0 Å². The van der Waals surface area contributed by atoms with Crippen molar-refractivity contribution >= 4 is 22.9 Å². The number of carboxylic acids is 1. The lowest BCUT2D eigenvalue weighted by Gasteiger charge is -2.25. The van der Waals surface area contributed by atoms with Crippen LogP contribution >= 0.6 is 0 Å². The molecule has 0 aromatic carbocycles. The number of carbonyl (C=O) groups excluding carboxylic acids is 1. The van der Waals surface area contributed by atoms with Crippen LogP contribution in [0.4, 0.5) is 0 Å². The standard InChI is InChI=1S/C16H20N4O3/c1-10(2)20-13-11(9-18-20)7-12(8-17-13)14(21)19-16(15(22)23)5-3-4-6-16/h7-10H,3-6H2,1-2H3,(H,19,21)(H,22,23). The van der Waals surface area contributed by atoms with Gasteiger partial charge in [-0.25, -0.2) is 14.5 Å². The van der Waals surface area contributed by atoms with E-state index in [1.807, 2.05) is 13.8 Å². The SMILES string of the molecule is CC(C)n1ncc2cc(C(=O)NC3(C(=O)O)CCCC3)cnc21. The number of amides is 1. The molecule has 2 heterocycles. The van der Waals surface area contributed by atoms with Crippen LogP contribution in [0, 0.1) is 0 Å². The molecular formula is C16H20N4O3. The molecule has 0 radical (unpaired) electrons. The summed E-state index contributed by atoms with van der Waals surface area (Å²) in [7, 11) is 0. The first-order valence-corrected chi connectivity index (χ1v) is 7.82. The number of aliphatic carboxylic acids is 1. The fourth-order valence-corrected chi connectivity index (χ4v) is 3.10. The molecule has 1 fully saturated rings. The molecule has 1 amide bonds. The second-order valence-electron chi connectivity index (χ2n) is 6.37. The number of hydrogen-bond donors (Lipinski definition) is 2. The van der Waals surface area contributed by atoms with Gasteiger partial charge in [0.25, 0.3) is 5.91 Å². The molecule has 122 valence electrons. The zero-order chi connectivity index (χ0) is 16.6. The minimum atomic E-state index is -1.14. The van der Waals surface area contributed by atoms with E-state index in [1.54, 1.807) is 16.9 Å². The number of carbonyl (C=O) groups is 2. The largest absolute Gasteiger partial charge is 0.480 e. The van der Waals surface area contributed by atoms with Crippen LogP contribution in [-0.4, -0.2) is 37.3 Å². The maximum atomic E-state index is 12.5. The van der Waals surface area contributed by atoms with Crippen molar-refractivity contribution in [2.45, 2.75) is 51.1 Å². The number of fused-ring (bicyclic) bond motifs is 1. The van der Waals surface area contributed by atoms with Gasteiger partial charge in [0.1, 0.15) is 5.54 Å². The van der Waals surface area contributed by atoms with E-state index >= 15 is 0 Å². The van der Waals surface area contributed by atoms with Crippen LogP contribution < -0.4 is 5.32 Å². The second-order valence-corrected chi connectivity index (χ2v) is 6.37. The molecule has 0 atom stereocenters. The molecule has 0 bridgehead atoms. The van der Waals surface area contributed by atoms with Crippen LogP contribution in [-0.2, 0) is 4.79 Å². The van der Waals surface area contributed by atoms with E-state index in [1.165, 1.54) is 6.20 Å². The average Bonchev–Trinajstić information content (AvgIpc) is 3.13. The minimum Gasteiger partial charge on any atom is -0.480 e. The lowest BCUT2D eigenvalue weighted by molar-refractivity contribution is -0.144. The highest BCUT2D eigenvalue weighted by Gasteiger charge is 2.42. The highest BCUT2D eigenvalue weighted by molar-refractivity contribution is 5.99. The first-order chi connectivity index (χ1) is 10.9. The molecule has 7 nitrogen and oxygen atoms in total. The zero-order valence-electron chi connectivity index (χ0n) is 13.2. The number of rotatable bonds is 4. The highest BCUT2D eigenvalue weighted by Crippen LogP contribution is 2.30. The summed E-state index contributed by atoms with van der Waals surface area (Å²) in [6, 6.07) is 1.88. The van der Waals surface area contributed by atoms with Crippen molar-refractivity contribution in [2.24, 2.45) is 0 Å². The van der Waals surface area contributed by atoms with E-state index in [-0.39, 0.29) is 6.04 Å². The molecule has 0 unspecified atom stereocenters. The normalized spacial score (nSPS) is 16.8. The van der Waals surface area contributed by atoms with E-state index < -0.39 is 17.4 Å². The smallest absolute Gasteiger partial charge is 0.329 e. The average molecular weight is 316 g/mol. The van der Waals surface area contributed by atoms with E-state index in [2.05, 4.69) is 15.4 Å². The van der Waals surface area contributed by atoms with Gasteiger partial charge in [-0.05, 0) is 32.8 Å². The Morgan fingerprint density at radius 2 is 2.00 bits per heavy atom. The van der Waals surface area contributed by atoms with Gasteiger partial charge in [-0.15, -0.1) is 0 Å². The Kier molecular flexibility index (Phi) is 3.79. The first kappa shape index (κ1) is 15.5. The number of nitrogens with one attached hydrogen (secondary N) is 1. The fourth-order valence-electron chi connectivity index (χ4n) is 3.10. The highest BCUT2D eigenvalue weighted by atomic mass is 16.4. The van der Waals surface area contributed by atoms with Crippen molar-refractivity contribution in [1.29, 1.82) is 0 Å². The molecule has 2 aromatic rings. The van der Waals surface area contributed by atoms with Gasteiger partial charge in [-0.2, -0.15) is 5.10 Å². The van der Waals surface area contributed by atoms with E-state index in [4.69, 9.17) is 0 Å². The van der Waals surface area contributed by atoms with Gasteiger partial charge in [0.05, 0.1) is 11.8 Å². The molecule has 1 aliphatic rings. The van der Waals surface area contributed by atoms with Crippen molar-refractivity contribution < 1.29 is 14.7 Å². The maximum Gasteiger partial charge on any atom is 0.329 e. The van der Waals surface area contributed by atoms with Crippen LogP contribution in [0.5, 0.6) is 0 Å². The molecule has 2 aromatic heterocycles. The molecule has 1 saturated carbocycles. The summed E-state index contributed by atoms with van der Waals surface area (Å²) in [5.41, 5.74) is -0.0765. The monoisotopic (exact) mass is 316 g/mol. The topological polar surface area (TPSA) is 97.1 Å². The molecule has 1 aliphatic carbocycles. The molecular weight excluding hydrogens is 296 g/mol. The summed E-state index contributed by atoms with van der Waals surface area (Å²) in [6.45, 7) is 4.01. The number of hydrogen-bond acceptors (Lipinski definition) is 4. The number of pyridine rings is 1. The Bertz CT molecular complexity index is 760. The van der Waals surface area contributed by atoms with E-state index in [0.29, 0.717) is 24.1 Å². The molecule has 7 heteroatoms. The first-order valence-electron chi connectivity index (χ1n) is 7.82. The van der Waals surface area contributed by atoms with Gasteiger partial charge in [0.15, 0.2) is 5.65 Å². The van der Waals surface area contributed by atoms with Gasteiger partial charge in [-0.1, -0.05) is 12.8 Å². The summed E-state index contributed by atoms with van der Waals surface area (Å²) in [5, 5.41) is 17.2. The van der Waals surface area contributed by atoms with Crippen molar-refractivity contribution in [3.05, 3.63) is 24.0 Å². The maximum absolute atomic E-state index is 12.5. The lowest BCUT2D eigenvalue weighted by atomic mass is 9.97. The zero-order valence-corrected chi connectivity index (χ0v) is 13.2. The molecule has 23 heavy (non-hydrogen) atoms. The number of aromatic nitrogens is 3. The quantitative estimate of drug-likeness (QED) is 0.900. The van der Waals surface area contributed by atoms with Crippen molar-refractivity contribution in [3.8, 4) is 0 Å². The minimum absolute atomic E-state index is 0.174. The Labute approximate surface area is 133 Å². The molecule has 2 N–H and O–H groups in total. The third-order valence-corrected chi connectivity index (χ3v) is 4.40. The Balaban J connectivity index is 1.88. The van der Waals surface area contributed by atoms with Gasteiger partial charge in [-0.3, -0.25) is 4.79 Å². The van der Waals surface area contributed by atoms with Gasteiger partial charge < -0.3 is 10.4 Å². The van der Waals surface area contributed by atoms with Gasteiger partial charge >= 0.3 is 5.97 Å². The molecule has 0 aliphatic heterocycles. The predicted octanol–water partition coefficient (Wildman–Crippen LogP) is 2.14. The summed E-state index contributed by atoms with van der Waals surface area (Å²) in [6.07, 6.45) is 5.70. The Morgan fingerprint density at radius 3 is 2.61 bits per heavy atom. The predicted molar refractivity (Wildman–Crippen MR) is 84.2 cm³/mol. The summed E-state index contributed by atoms with van der Waals surface area (Å²) in [5.74, 6) is -1.37. The Hall–Kier alpha value is -2.44. The van der Waals surface area contributed by atoms with E-state index in [0.717, 1.165) is 18.2 Å². The van der Waals surface area contributed by atoms with Crippen molar-refractivity contribution in [2.75, 3.05) is 0 Å². The van der Waals surface area contributed by atoms with Gasteiger partial charge in [0, 0.05) is 17.6 Å². The van der Waals surface area contributed by atoms with Gasteiger partial charge in [0.2, 0.25) is 0 Å². The lowest BCUT2D eigenvalue weighted by Crippen LogP contribution is -2.52. The molecule has 0 spiro atoms. The van der Waals surface area contributed by atoms with Crippen LogP contribution in [0.2, 0.25) is 0 Å². The fraction of sp³-hybridized carbons (Fsp3) is 0.500. The van der Waals surface area contributed by atoms with Crippen LogP contribution in [0.3, 0.4) is 0 Å². The molecule has 0 saturated heterocycles. The summed E-state index contributed by atoms with van der Waals surface area (Å²) in [4.78, 5) is 28.3.